The van der Waals surface area contributed by atoms with Gasteiger partial charge in [-0.05, 0) is 24.8 Å². The number of esters is 1. The molecule has 0 spiro atoms. The van der Waals surface area contributed by atoms with Gasteiger partial charge in [-0.25, -0.2) is 4.79 Å². The standard InChI is InChI=1S/C21H31NO3/c1-4-5-6-7-8-9-13-16-20(23)22(2)19(21(24)25-3)17-18-14-11-10-12-15-18/h4,10-12,14-15,19H,1,5-9,13,16-17H2,2-3H3/t19-/m0/s1. The lowest BCUT2D eigenvalue weighted by molar-refractivity contribution is -0.151. The van der Waals surface area contributed by atoms with Crippen molar-refractivity contribution in [1.29, 1.82) is 0 Å². The van der Waals surface area contributed by atoms with Crippen molar-refractivity contribution in [3.05, 3.63) is 48.6 Å². The Kier molecular flexibility index (Phi) is 10.3. The Labute approximate surface area is 151 Å². The second-order valence-electron chi connectivity index (χ2n) is 6.33. The summed E-state index contributed by atoms with van der Waals surface area (Å²) in [5, 5.41) is 0. The minimum atomic E-state index is -0.576. The monoisotopic (exact) mass is 345 g/mol. The number of carbonyl (C=O) groups is 2. The van der Waals surface area contributed by atoms with Gasteiger partial charge in [0.15, 0.2) is 0 Å². The van der Waals surface area contributed by atoms with Gasteiger partial charge >= 0.3 is 5.97 Å². The van der Waals surface area contributed by atoms with Crippen LogP contribution in [0.3, 0.4) is 0 Å². The van der Waals surface area contributed by atoms with Crippen LogP contribution < -0.4 is 0 Å². The van der Waals surface area contributed by atoms with Crippen LogP contribution in [0, 0.1) is 0 Å². The summed E-state index contributed by atoms with van der Waals surface area (Å²) in [5.74, 6) is -0.374. The van der Waals surface area contributed by atoms with E-state index in [-0.39, 0.29) is 11.9 Å². The molecule has 0 aliphatic heterocycles. The first-order valence-corrected chi connectivity index (χ1v) is 9.08. The van der Waals surface area contributed by atoms with Crippen molar-refractivity contribution in [2.75, 3.05) is 14.2 Å². The highest BCUT2D eigenvalue weighted by atomic mass is 16.5. The quantitative estimate of drug-likeness (QED) is 0.325. The van der Waals surface area contributed by atoms with Gasteiger partial charge in [0.25, 0.3) is 0 Å². The highest BCUT2D eigenvalue weighted by Crippen LogP contribution is 2.13. The molecule has 1 atom stereocenters. The largest absolute Gasteiger partial charge is 0.467 e. The third kappa shape index (κ3) is 8.01. The molecule has 138 valence electrons. The lowest BCUT2D eigenvalue weighted by atomic mass is 10.0. The van der Waals surface area contributed by atoms with Crippen molar-refractivity contribution in [1.82, 2.24) is 4.90 Å². The highest BCUT2D eigenvalue weighted by Gasteiger charge is 2.27. The number of methoxy groups -OCH3 is 1. The summed E-state index contributed by atoms with van der Waals surface area (Å²) in [6.07, 6.45) is 9.31. The normalized spacial score (nSPS) is 11.6. The molecular formula is C21H31NO3. The van der Waals surface area contributed by atoms with E-state index in [2.05, 4.69) is 6.58 Å². The molecule has 0 saturated heterocycles. The predicted octanol–water partition coefficient (Wildman–Crippen LogP) is 4.15. The van der Waals surface area contributed by atoms with Crippen LogP contribution in [0.5, 0.6) is 0 Å². The third-order valence-electron chi connectivity index (χ3n) is 4.40. The van der Waals surface area contributed by atoms with Gasteiger partial charge in [0.05, 0.1) is 7.11 Å². The average molecular weight is 345 g/mol. The molecule has 25 heavy (non-hydrogen) atoms. The van der Waals surface area contributed by atoms with Crippen LogP contribution in [0.4, 0.5) is 0 Å². The molecule has 0 heterocycles. The molecule has 0 aliphatic rings. The van der Waals surface area contributed by atoms with E-state index in [0.717, 1.165) is 31.2 Å². The zero-order valence-corrected chi connectivity index (χ0v) is 15.6. The molecule has 0 bridgehead atoms. The fourth-order valence-corrected chi connectivity index (χ4v) is 2.80. The summed E-state index contributed by atoms with van der Waals surface area (Å²) in [6, 6.07) is 9.12. The SMILES string of the molecule is C=CCCCCCCCC(=O)N(C)[C@@H](Cc1ccccc1)C(=O)OC. The summed E-state index contributed by atoms with van der Waals surface area (Å²) in [6.45, 7) is 3.72. The average Bonchev–Trinajstić information content (AvgIpc) is 2.64. The van der Waals surface area contributed by atoms with Gasteiger partial charge in [0, 0.05) is 19.9 Å². The summed E-state index contributed by atoms with van der Waals surface area (Å²) < 4.78 is 4.90. The number of amides is 1. The maximum absolute atomic E-state index is 12.4. The number of nitrogens with zero attached hydrogens (tertiary/aromatic N) is 1. The maximum Gasteiger partial charge on any atom is 0.328 e. The van der Waals surface area contributed by atoms with Crippen molar-refractivity contribution in [2.24, 2.45) is 0 Å². The smallest absolute Gasteiger partial charge is 0.328 e. The third-order valence-corrected chi connectivity index (χ3v) is 4.40. The topological polar surface area (TPSA) is 46.6 Å². The van der Waals surface area contributed by atoms with E-state index in [4.69, 9.17) is 4.74 Å². The number of carbonyl (C=O) groups excluding carboxylic acids is 2. The molecule has 0 unspecified atom stereocenters. The van der Waals surface area contributed by atoms with Gasteiger partial charge in [0.1, 0.15) is 6.04 Å². The van der Waals surface area contributed by atoms with Crippen molar-refractivity contribution in [3.63, 3.8) is 0 Å². The minimum absolute atomic E-state index is 0.00239. The lowest BCUT2D eigenvalue weighted by Gasteiger charge is -2.26. The zero-order valence-electron chi connectivity index (χ0n) is 15.6. The van der Waals surface area contributed by atoms with Gasteiger partial charge in [0.2, 0.25) is 5.91 Å². The Morgan fingerprint density at radius 3 is 2.40 bits per heavy atom. The molecule has 1 aromatic carbocycles. The van der Waals surface area contributed by atoms with Gasteiger partial charge < -0.3 is 9.64 Å². The molecule has 4 nitrogen and oxygen atoms in total. The van der Waals surface area contributed by atoms with E-state index in [1.165, 1.54) is 24.9 Å². The molecular weight excluding hydrogens is 314 g/mol. The van der Waals surface area contributed by atoms with Crippen molar-refractivity contribution in [3.8, 4) is 0 Å². The lowest BCUT2D eigenvalue weighted by Crippen LogP contribution is -2.44. The van der Waals surface area contributed by atoms with E-state index in [9.17, 15) is 9.59 Å². The van der Waals surface area contributed by atoms with Crippen LogP contribution in [0.1, 0.15) is 50.5 Å². The van der Waals surface area contributed by atoms with E-state index >= 15 is 0 Å². The van der Waals surface area contributed by atoms with Crippen LogP contribution >= 0.6 is 0 Å². The fraction of sp³-hybridized carbons (Fsp3) is 0.524. The Balaban J connectivity index is 2.47. The molecule has 4 heteroatoms. The molecule has 0 aliphatic carbocycles. The first-order chi connectivity index (χ1) is 12.1. The Hall–Kier alpha value is -2.10. The summed E-state index contributed by atoms with van der Waals surface area (Å²) >= 11 is 0. The molecule has 0 fully saturated rings. The van der Waals surface area contributed by atoms with Crippen LogP contribution in [0.2, 0.25) is 0 Å². The first-order valence-electron chi connectivity index (χ1n) is 9.08. The van der Waals surface area contributed by atoms with E-state index in [0.29, 0.717) is 12.8 Å². The summed E-state index contributed by atoms with van der Waals surface area (Å²) in [5.41, 5.74) is 1.01. The van der Waals surface area contributed by atoms with Crippen LogP contribution in [0.25, 0.3) is 0 Å². The van der Waals surface area contributed by atoms with Gasteiger partial charge in [-0.2, -0.15) is 0 Å². The first kappa shape index (κ1) is 20.9. The minimum Gasteiger partial charge on any atom is -0.467 e. The second-order valence-corrected chi connectivity index (χ2v) is 6.33. The molecule has 1 aromatic rings. The van der Waals surface area contributed by atoms with Crippen LogP contribution in [-0.4, -0.2) is 37.0 Å². The van der Waals surface area contributed by atoms with Crippen molar-refractivity contribution >= 4 is 11.9 Å². The molecule has 1 rings (SSSR count). The molecule has 0 radical (unpaired) electrons. The van der Waals surface area contributed by atoms with Crippen molar-refractivity contribution < 1.29 is 14.3 Å². The fourth-order valence-electron chi connectivity index (χ4n) is 2.80. The molecule has 1 amide bonds. The number of unbranched alkanes of at least 4 members (excludes halogenated alkanes) is 5. The number of ether oxygens (including phenoxy) is 1. The Morgan fingerprint density at radius 2 is 1.76 bits per heavy atom. The van der Waals surface area contributed by atoms with E-state index in [1.54, 1.807) is 7.05 Å². The van der Waals surface area contributed by atoms with Crippen molar-refractivity contribution in [2.45, 2.75) is 57.4 Å². The molecule has 0 saturated carbocycles. The number of hydrogen-bond donors (Lipinski definition) is 0. The van der Waals surface area contributed by atoms with Crippen LogP contribution in [-0.2, 0) is 20.7 Å². The number of rotatable bonds is 12. The van der Waals surface area contributed by atoms with E-state index < -0.39 is 6.04 Å². The zero-order chi connectivity index (χ0) is 18.5. The van der Waals surface area contributed by atoms with Crippen LogP contribution in [0.15, 0.2) is 43.0 Å². The van der Waals surface area contributed by atoms with Gasteiger partial charge in [-0.1, -0.05) is 55.7 Å². The molecule has 0 aromatic heterocycles. The molecule has 0 N–H and O–H groups in total. The number of benzene rings is 1. The Bertz CT molecular complexity index is 527. The highest BCUT2D eigenvalue weighted by molar-refractivity contribution is 5.84. The maximum atomic E-state index is 12.4. The number of likely N-dealkylation sites (N-methyl/N-ethyl adjacent to an activating group) is 1. The predicted molar refractivity (Wildman–Crippen MR) is 101 cm³/mol. The van der Waals surface area contributed by atoms with E-state index in [1.807, 2.05) is 36.4 Å². The number of allylic oxidation sites excluding steroid dienone is 1. The summed E-state index contributed by atoms with van der Waals surface area (Å²) in [4.78, 5) is 26.1. The van der Waals surface area contributed by atoms with Gasteiger partial charge in [-0.3, -0.25) is 4.79 Å². The summed E-state index contributed by atoms with van der Waals surface area (Å²) in [7, 11) is 3.05. The second kappa shape index (κ2) is 12.3. The van der Waals surface area contributed by atoms with Gasteiger partial charge in [-0.15, -0.1) is 6.58 Å². The Morgan fingerprint density at radius 1 is 1.12 bits per heavy atom. The number of hydrogen-bond acceptors (Lipinski definition) is 3.